The molecule has 1 heterocycles. The van der Waals surface area contributed by atoms with Gasteiger partial charge >= 0.3 is 0 Å². The van der Waals surface area contributed by atoms with Crippen molar-refractivity contribution in [1.29, 1.82) is 0 Å². The van der Waals surface area contributed by atoms with E-state index in [0.717, 1.165) is 39.0 Å². The minimum atomic E-state index is -0.371. The van der Waals surface area contributed by atoms with Gasteiger partial charge in [-0.2, -0.15) is 0 Å². The van der Waals surface area contributed by atoms with Gasteiger partial charge in [0.1, 0.15) is 11.2 Å². The van der Waals surface area contributed by atoms with Crippen LogP contribution in [0.4, 0.5) is 17.1 Å². The van der Waals surface area contributed by atoms with Gasteiger partial charge in [-0.15, -0.1) is 0 Å². The molecule has 0 aliphatic heterocycles. The molecule has 51 heavy (non-hydrogen) atoms. The lowest BCUT2D eigenvalue weighted by molar-refractivity contribution is 0.669. The molecule has 2 heteroatoms. The molecule has 1 spiro atoms. The maximum atomic E-state index is 6.27. The van der Waals surface area contributed by atoms with E-state index in [2.05, 4.69) is 181 Å². The molecular formula is C49H31NO. The number of rotatable bonds is 4. The topological polar surface area (TPSA) is 16.4 Å². The molecule has 0 radical (unpaired) electrons. The third kappa shape index (κ3) is 3.93. The molecular weight excluding hydrogens is 619 g/mol. The van der Waals surface area contributed by atoms with Gasteiger partial charge in [-0.25, -0.2) is 0 Å². The summed E-state index contributed by atoms with van der Waals surface area (Å²) in [5, 5.41) is 2.23. The molecule has 0 atom stereocenters. The Hall–Kier alpha value is -6.64. The molecule has 9 aromatic rings. The van der Waals surface area contributed by atoms with Crippen molar-refractivity contribution in [2.24, 2.45) is 0 Å². The van der Waals surface area contributed by atoms with Crippen LogP contribution in [0, 0.1) is 0 Å². The smallest absolute Gasteiger partial charge is 0.135 e. The van der Waals surface area contributed by atoms with Crippen LogP contribution in [0.1, 0.15) is 22.3 Å². The summed E-state index contributed by atoms with van der Waals surface area (Å²) < 4.78 is 6.27. The van der Waals surface area contributed by atoms with Gasteiger partial charge in [-0.1, -0.05) is 140 Å². The number of benzene rings is 8. The third-order valence-electron chi connectivity index (χ3n) is 11.1. The van der Waals surface area contributed by atoms with Gasteiger partial charge in [0.15, 0.2) is 0 Å². The predicted molar refractivity (Wildman–Crippen MR) is 210 cm³/mol. The number of nitrogens with zero attached hydrogens (tertiary/aromatic N) is 1. The molecule has 1 aromatic heterocycles. The summed E-state index contributed by atoms with van der Waals surface area (Å²) in [6.45, 7) is 0. The van der Waals surface area contributed by atoms with Crippen LogP contribution in [0.3, 0.4) is 0 Å². The maximum Gasteiger partial charge on any atom is 0.135 e. The van der Waals surface area contributed by atoms with Crippen LogP contribution in [0.15, 0.2) is 192 Å². The summed E-state index contributed by atoms with van der Waals surface area (Å²) in [6, 6.07) is 68.5. The number of anilines is 3. The van der Waals surface area contributed by atoms with Crippen molar-refractivity contribution in [2.75, 3.05) is 4.90 Å². The van der Waals surface area contributed by atoms with Gasteiger partial charge in [0.05, 0.1) is 5.41 Å². The van der Waals surface area contributed by atoms with E-state index in [9.17, 15) is 0 Å². The second kappa shape index (κ2) is 10.7. The van der Waals surface area contributed by atoms with Crippen LogP contribution in [0.5, 0.6) is 0 Å². The highest BCUT2D eigenvalue weighted by Gasteiger charge is 2.51. The molecule has 8 aromatic carbocycles. The molecule has 0 saturated carbocycles. The van der Waals surface area contributed by atoms with Gasteiger partial charge in [0.25, 0.3) is 0 Å². The first-order valence-electron chi connectivity index (χ1n) is 17.6. The second-order valence-corrected chi connectivity index (χ2v) is 13.6. The average molecular weight is 650 g/mol. The van der Waals surface area contributed by atoms with E-state index >= 15 is 0 Å². The molecule has 0 amide bonds. The van der Waals surface area contributed by atoms with Crippen molar-refractivity contribution in [1.82, 2.24) is 0 Å². The lowest BCUT2D eigenvalue weighted by Crippen LogP contribution is -2.25. The normalized spacial score (nSPS) is 13.3. The fourth-order valence-electron chi connectivity index (χ4n) is 8.98. The molecule has 0 N–H and O–H groups in total. The first-order chi connectivity index (χ1) is 25.3. The number of para-hydroxylation sites is 1. The Labute approximate surface area is 296 Å². The van der Waals surface area contributed by atoms with E-state index in [0.29, 0.717) is 0 Å². The number of hydrogen-bond acceptors (Lipinski definition) is 2. The molecule has 0 saturated heterocycles. The Morgan fingerprint density at radius 1 is 0.333 bits per heavy atom. The lowest BCUT2D eigenvalue weighted by Gasteiger charge is -2.31. The maximum absolute atomic E-state index is 6.27. The molecule has 2 aliphatic carbocycles. The first-order valence-corrected chi connectivity index (χ1v) is 17.6. The summed E-state index contributed by atoms with van der Waals surface area (Å²) in [4.78, 5) is 2.40. The van der Waals surface area contributed by atoms with E-state index in [1.807, 2.05) is 12.1 Å². The Morgan fingerprint density at radius 2 is 0.863 bits per heavy atom. The molecule has 2 nitrogen and oxygen atoms in total. The minimum absolute atomic E-state index is 0.371. The molecule has 11 rings (SSSR count). The Balaban J connectivity index is 1.17. The van der Waals surface area contributed by atoms with E-state index < -0.39 is 0 Å². The Kier molecular flexibility index (Phi) is 5.91. The zero-order valence-corrected chi connectivity index (χ0v) is 27.8. The van der Waals surface area contributed by atoms with Crippen molar-refractivity contribution in [3.05, 3.63) is 210 Å². The Bertz CT molecular complexity index is 2780. The van der Waals surface area contributed by atoms with Crippen LogP contribution in [0.25, 0.3) is 55.3 Å². The van der Waals surface area contributed by atoms with Crippen molar-refractivity contribution in [3.63, 3.8) is 0 Å². The van der Waals surface area contributed by atoms with Gasteiger partial charge < -0.3 is 9.32 Å². The average Bonchev–Trinajstić information content (AvgIpc) is 3.82. The molecule has 0 bridgehead atoms. The fourth-order valence-corrected chi connectivity index (χ4v) is 8.98. The largest absolute Gasteiger partial charge is 0.456 e. The van der Waals surface area contributed by atoms with Crippen LogP contribution in [0.2, 0.25) is 0 Å². The molecule has 0 fully saturated rings. The quantitative estimate of drug-likeness (QED) is 0.189. The summed E-state index contributed by atoms with van der Waals surface area (Å²) in [5.74, 6) is 0. The predicted octanol–water partition coefficient (Wildman–Crippen LogP) is 13.1. The summed E-state index contributed by atoms with van der Waals surface area (Å²) in [5.41, 5.74) is 17.7. The van der Waals surface area contributed by atoms with E-state index in [1.165, 1.54) is 55.6 Å². The lowest BCUT2D eigenvalue weighted by atomic mass is 9.70. The fraction of sp³-hybridized carbons (Fsp3) is 0.0204. The zero-order chi connectivity index (χ0) is 33.5. The van der Waals surface area contributed by atoms with E-state index in [1.54, 1.807) is 0 Å². The monoisotopic (exact) mass is 649 g/mol. The second-order valence-electron chi connectivity index (χ2n) is 13.6. The molecule has 238 valence electrons. The zero-order valence-electron chi connectivity index (χ0n) is 27.8. The third-order valence-corrected chi connectivity index (χ3v) is 11.1. The number of hydrogen-bond donors (Lipinski definition) is 0. The van der Waals surface area contributed by atoms with Crippen molar-refractivity contribution < 1.29 is 4.42 Å². The van der Waals surface area contributed by atoms with Crippen LogP contribution < -0.4 is 4.90 Å². The van der Waals surface area contributed by atoms with Gasteiger partial charge in [0, 0.05) is 27.8 Å². The van der Waals surface area contributed by atoms with E-state index in [-0.39, 0.29) is 5.41 Å². The molecule has 0 unspecified atom stereocenters. The SMILES string of the molecule is c1ccc(-c2cccc(N(c3ccc4c(c3)-c3ccccc3C43c4ccccc4-c4ccccc43)c3ccc4oc5ccccc5c4c3)c2)cc1. The number of fused-ring (bicyclic) bond motifs is 13. The van der Waals surface area contributed by atoms with Gasteiger partial charge in [-0.3, -0.25) is 0 Å². The molecule has 2 aliphatic rings. The highest BCUT2D eigenvalue weighted by atomic mass is 16.3. The van der Waals surface area contributed by atoms with Crippen LogP contribution in [-0.2, 0) is 5.41 Å². The number of furan rings is 1. The van der Waals surface area contributed by atoms with E-state index in [4.69, 9.17) is 4.42 Å². The van der Waals surface area contributed by atoms with Crippen LogP contribution in [-0.4, -0.2) is 0 Å². The summed E-state index contributed by atoms with van der Waals surface area (Å²) >= 11 is 0. The van der Waals surface area contributed by atoms with Crippen LogP contribution >= 0.6 is 0 Å². The summed E-state index contributed by atoms with van der Waals surface area (Å²) in [7, 11) is 0. The first kappa shape index (κ1) is 28.2. The minimum Gasteiger partial charge on any atom is -0.456 e. The highest BCUT2D eigenvalue weighted by Crippen LogP contribution is 2.63. The Morgan fingerprint density at radius 3 is 1.61 bits per heavy atom. The standard InChI is InChI=1S/C49H31NO/c1-2-13-32(14-3-1)33-15-12-16-34(29-33)50(36-26-28-48-42(31-36)40-20-7-11-24-47(40)51-48)35-25-27-46-41(30-35)39-19-6-10-23-45(39)49(46)43-21-8-4-17-37(43)38-18-5-9-22-44(38)49/h1-31H. The summed E-state index contributed by atoms with van der Waals surface area (Å²) in [6.07, 6.45) is 0. The van der Waals surface area contributed by atoms with Crippen molar-refractivity contribution in [2.45, 2.75) is 5.41 Å². The highest BCUT2D eigenvalue weighted by molar-refractivity contribution is 6.07. The van der Waals surface area contributed by atoms with Crippen molar-refractivity contribution >= 4 is 39.0 Å². The van der Waals surface area contributed by atoms with Gasteiger partial charge in [-0.05, 0) is 104 Å². The van der Waals surface area contributed by atoms with Gasteiger partial charge in [0.2, 0.25) is 0 Å². The van der Waals surface area contributed by atoms with Crippen molar-refractivity contribution in [3.8, 4) is 33.4 Å².